The zero-order chi connectivity index (χ0) is 81.3. The maximum atomic E-state index is 13.0. The highest BCUT2D eigenvalue weighted by Crippen LogP contribution is 2.45. The molecular weight excluding hydrogens is 1470 g/mol. The number of fused-ring (bicyclic) bond motifs is 6. The summed E-state index contributed by atoms with van der Waals surface area (Å²) < 4.78 is 6.55. The van der Waals surface area contributed by atoms with Crippen LogP contribution in [0.5, 0.6) is 0 Å². The van der Waals surface area contributed by atoms with Gasteiger partial charge in [-0.05, 0) is 205 Å². The summed E-state index contributed by atoms with van der Waals surface area (Å²) in [5.41, 5.74) is 24.7. The van der Waals surface area contributed by atoms with E-state index in [9.17, 15) is 14.4 Å². The Kier molecular flexibility index (Phi) is 23.3. The molecule has 0 spiro atoms. The van der Waals surface area contributed by atoms with Gasteiger partial charge in [-0.25, -0.2) is 29.3 Å². The topological polar surface area (TPSA) is 246 Å². The lowest BCUT2D eigenvalue weighted by atomic mass is 9.92. The van der Waals surface area contributed by atoms with Crippen LogP contribution >= 0.6 is 0 Å². The summed E-state index contributed by atoms with van der Waals surface area (Å²) in [4.78, 5) is 80.0. The molecule has 23 nitrogen and oxygen atoms in total. The number of amides is 6. The second kappa shape index (κ2) is 35.2. The van der Waals surface area contributed by atoms with Crippen molar-refractivity contribution in [1.82, 2.24) is 73.0 Å². The van der Waals surface area contributed by atoms with Crippen molar-refractivity contribution in [1.29, 1.82) is 10.5 Å². The fraction of sp³-hybridized carbons (Fsp3) is 0.253. The number of carbonyl (C=O) groups excluding carboxylic acids is 3. The molecule has 6 amide bonds. The minimum absolute atomic E-state index is 0.0127. The normalized spacial score (nSPS) is 16.9. The Morgan fingerprint density at radius 1 is 0.347 bits per heavy atom. The number of allylic oxidation sites excluding steroid dienone is 3. The van der Waals surface area contributed by atoms with Gasteiger partial charge in [0.25, 0.3) is 0 Å². The van der Waals surface area contributed by atoms with Crippen LogP contribution in [-0.4, -0.2) is 170 Å². The Bertz CT molecular complexity index is 5620. The summed E-state index contributed by atoms with van der Waals surface area (Å²) in [6.45, 7) is 22.9. The van der Waals surface area contributed by atoms with Crippen LogP contribution in [0.2, 0.25) is 0 Å². The van der Waals surface area contributed by atoms with Crippen molar-refractivity contribution < 1.29 is 14.4 Å². The number of aromatic nitrogens is 9. The van der Waals surface area contributed by atoms with Gasteiger partial charge in [-0.3, -0.25) is 29.7 Å². The predicted octanol–water partition coefficient (Wildman–Crippen LogP) is 15.9. The molecule has 0 radical (unpaired) electrons. The Balaban J connectivity index is 0.000000132. The quantitative estimate of drug-likeness (QED) is 0.103. The molecule has 3 saturated heterocycles. The number of nitrogens with one attached hydrogen (secondary N) is 3. The number of nitriles is 2. The van der Waals surface area contributed by atoms with Crippen molar-refractivity contribution in [3.8, 4) is 12.1 Å². The van der Waals surface area contributed by atoms with Gasteiger partial charge >= 0.3 is 18.1 Å². The van der Waals surface area contributed by atoms with Crippen LogP contribution in [0.15, 0.2) is 226 Å². The summed E-state index contributed by atoms with van der Waals surface area (Å²) >= 11 is 0. The largest absolute Gasteiger partial charge is 0.331 e. The van der Waals surface area contributed by atoms with Crippen molar-refractivity contribution in [3.63, 3.8) is 0 Å². The van der Waals surface area contributed by atoms with Crippen LogP contribution in [0.25, 0.3) is 34.9 Å². The molecule has 592 valence electrons. The zero-order valence-corrected chi connectivity index (χ0v) is 67.3. The van der Waals surface area contributed by atoms with Gasteiger partial charge in [-0.1, -0.05) is 108 Å². The van der Waals surface area contributed by atoms with Gasteiger partial charge in [0, 0.05) is 171 Å². The molecule has 118 heavy (non-hydrogen) atoms. The fourth-order valence-corrected chi connectivity index (χ4v) is 16.8. The highest BCUT2D eigenvalue weighted by molar-refractivity contribution is 5.92. The van der Waals surface area contributed by atoms with Crippen molar-refractivity contribution in [2.24, 2.45) is 0 Å². The number of imidazole rings is 3. The summed E-state index contributed by atoms with van der Waals surface area (Å²) in [6.07, 6.45) is 24.1. The van der Waals surface area contributed by atoms with Gasteiger partial charge in [0.05, 0.1) is 58.5 Å². The summed E-state index contributed by atoms with van der Waals surface area (Å²) in [5.74, 6) is 2.97. The van der Waals surface area contributed by atoms with Gasteiger partial charge in [0.1, 0.15) is 17.5 Å². The second-order valence-corrected chi connectivity index (χ2v) is 30.8. The highest BCUT2D eigenvalue weighted by Gasteiger charge is 2.38. The minimum Gasteiger partial charge on any atom is -0.331 e. The number of pyridine rings is 3. The summed E-state index contributed by atoms with van der Waals surface area (Å²) in [6, 6.07) is 60.1. The van der Waals surface area contributed by atoms with Crippen LogP contribution in [0.3, 0.4) is 0 Å². The molecule has 3 N–H and O–H groups in total. The standard InChI is InChI=1S/2C32H31N7O.C31H32N6O/c2*1-22-5-10-28-29(18-22)26(21-39-13-12-34-23(39)2)19-25-4-3-11-35-30(25)31(28)37-14-16-38(17-15-37)32(40)36-27-8-6-24(20-33)7-9-27;1-22-10-11-27-28(19-22)25(21-37-14-13-32-23(37)2)20-24-7-6-12-33-29(24)30(27)35-15-17-36(18-16-35)31(38)34-26-8-4-3-5-9-26/h2*3-13,18-19,31H,14-17,21H2,1-2H3,(H,36,40);3-14,19-20,30H,15-18,21H2,1-2H3,(H,34,38)/t31-;;/m0../s1. The SMILES string of the molecule is Cc1ccc2c(c1)C(Cn1ccnc1C)=Cc1cccnc1C2N1CCN(C(=O)Nc2ccc(C#N)cc2)CC1.Cc1ccc2c(c1)C(Cn1ccnc1C)=Cc1cccnc1C2N1CCN(C(=O)Nc2ccccc2)CC1.Cc1ccc2c(c1)C(Cn1ccnc1C)=Cc1cccnc1[C@H]2N1CCN(C(=O)Nc2ccc(C#N)cc2)CC1. The monoisotopic (exact) mass is 1560 g/mol. The van der Waals surface area contributed by atoms with E-state index in [0.29, 0.717) is 61.8 Å². The molecule has 3 aliphatic carbocycles. The number of para-hydroxylation sites is 1. The van der Waals surface area contributed by atoms with Gasteiger partial charge in [0.15, 0.2) is 0 Å². The lowest BCUT2D eigenvalue weighted by Crippen LogP contribution is -2.51. The first-order valence-corrected chi connectivity index (χ1v) is 40.2. The van der Waals surface area contributed by atoms with E-state index in [4.69, 9.17) is 25.5 Å². The molecule has 0 bridgehead atoms. The number of carbonyl (C=O) groups is 3. The summed E-state index contributed by atoms with van der Waals surface area (Å²) in [7, 11) is 0. The van der Waals surface area contributed by atoms with Crippen LogP contribution < -0.4 is 16.0 Å². The third-order valence-corrected chi connectivity index (χ3v) is 23.2. The molecule has 6 aromatic heterocycles. The van der Waals surface area contributed by atoms with Crippen molar-refractivity contribution in [2.75, 3.05) is 94.5 Å². The van der Waals surface area contributed by atoms with E-state index in [1.165, 1.54) is 66.8 Å². The molecule has 2 unspecified atom stereocenters. The average molecular weight is 1560 g/mol. The first-order valence-electron chi connectivity index (χ1n) is 40.2. The van der Waals surface area contributed by atoms with E-state index < -0.39 is 0 Å². The minimum atomic E-state index is -0.126. The number of hydrogen-bond acceptors (Lipinski definition) is 14. The number of anilines is 3. The molecule has 0 saturated carbocycles. The molecule has 18 rings (SSSR count). The molecule has 3 fully saturated rings. The number of benzene rings is 6. The lowest BCUT2D eigenvalue weighted by molar-refractivity contribution is 0.125. The van der Waals surface area contributed by atoms with E-state index in [2.05, 4.69) is 183 Å². The number of rotatable bonds is 12. The van der Waals surface area contributed by atoms with Crippen molar-refractivity contribution in [2.45, 2.75) is 79.3 Å². The molecule has 6 aromatic carbocycles. The maximum Gasteiger partial charge on any atom is 0.321 e. The maximum absolute atomic E-state index is 13.0. The van der Waals surface area contributed by atoms with E-state index in [1.807, 2.05) is 140 Å². The third-order valence-electron chi connectivity index (χ3n) is 23.2. The Morgan fingerprint density at radius 2 is 0.644 bits per heavy atom. The van der Waals surface area contributed by atoms with E-state index in [0.717, 1.165) is 116 Å². The molecule has 9 heterocycles. The van der Waals surface area contributed by atoms with Gasteiger partial charge < -0.3 is 44.4 Å². The number of nitrogens with zero attached hydrogens (tertiary/aromatic N) is 17. The second-order valence-electron chi connectivity index (χ2n) is 30.8. The lowest BCUT2D eigenvalue weighted by Gasteiger charge is -2.39. The van der Waals surface area contributed by atoms with Crippen LogP contribution in [0.4, 0.5) is 31.4 Å². The highest BCUT2D eigenvalue weighted by atomic mass is 16.2. The Morgan fingerprint density at radius 3 is 0.924 bits per heavy atom. The van der Waals surface area contributed by atoms with Gasteiger partial charge in [0.2, 0.25) is 0 Å². The Hall–Kier alpha value is -13.7. The average Bonchev–Trinajstić information content (AvgIpc) is 1.64. The van der Waals surface area contributed by atoms with Crippen LogP contribution in [0.1, 0.15) is 131 Å². The van der Waals surface area contributed by atoms with E-state index in [1.54, 1.807) is 48.5 Å². The molecule has 6 aliphatic rings. The fourth-order valence-electron chi connectivity index (χ4n) is 16.8. The molecule has 3 aliphatic heterocycles. The smallest absolute Gasteiger partial charge is 0.321 e. The van der Waals surface area contributed by atoms with Crippen LogP contribution in [-0.2, 0) is 19.6 Å². The van der Waals surface area contributed by atoms with E-state index in [-0.39, 0.29) is 36.2 Å². The van der Waals surface area contributed by atoms with Crippen molar-refractivity contribution >= 4 is 70.1 Å². The molecule has 23 heteroatoms. The van der Waals surface area contributed by atoms with Gasteiger partial charge in [-0.15, -0.1) is 0 Å². The number of piperazine rings is 3. The third kappa shape index (κ3) is 17.3. The molecular formula is C95H94N20O3. The number of urea groups is 3. The zero-order valence-electron chi connectivity index (χ0n) is 67.3. The van der Waals surface area contributed by atoms with Crippen LogP contribution in [0, 0.1) is 64.2 Å². The summed E-state index contributed by atoms with van der Waals surface area (Å²) in [5, 5.41) is 27.0. The van der Waals surface area contributed by atoms with Crippen molar-refractivity contribution in [3.05, 3.63) is 338 Å². The van der Waals surface area contributed by atoms with E-state index >= 15 is 0 Å². The number of aryl methyl sites for hydroxylation is 6. The first-order chi connectivity index (χ1) is 57.6. The number of hydrogen-bond donors (Lipinski definition) is 3. The Labute approximate surface area is 688 Å². The predicted molar refractivity (Wildman–Crippen MR) is 462 cm³/mol. The van der Waals surface area contributed by atoms with Gasteiger partial charge in [-0.2, -0.15) is 10.5 Å². The first kappa shape index (κ1) is 78.2. The molecule has 12 aromatic rings. The molecule has 3 atom stereocenters.